The number of nitrogens with one attached hydrogen (secondary N) is 1. The number of rotatable bonds is 5. The molecule has 0 unspecified atom stereocenters. The molecule has 1 aliphatic carbocycles. The van der Waals surface area contributed by atoms with Crippen LogP contribution >= 0.6 is 0 Å². The Morgan fingerprint density at radius 2 is 1.76 bits per heavy atom. The Bertz CT molecular complexity index is 403. The van der Waals surface area contributed by atoms with Crippen LogP contribution in [-0.2, 0) is 16.1 Å². The number of hydrogen-bond acceptors (Lipinski definition) is 3. The minimum atomic E-state index is 0.363. The van der Waals surface area contributed by atoms with Crippen LogP contribution in [0.4, 0.5) is 0 Å². The highest BCUT2D eigenvalue weighted by Crippen LogP contribution is 2.24. The van der Waals surface area contributed by atoms with Gasteiger partial charge in [-0.2, -0.15) is 0 Å². The molecule has 1 saturated heterocycles. The molecule has 3 rings (SSSR count). The molecule has 2 atom stereocenters. The molecule has 0 bridgehead atoms. The first kappa shape index (κ1) is 15.0. The summed E-state index contributed by atoms with van der Waals surface area (Å²) in [4.78, 5) is 0. The fraction of sp³-hybridized carbons (Fsp3) is 0.667. The Kier molecular flexibility index (Phi) is 5.67. The van der Waals surface area contributed by atoms with Gasteiger partial charge in [-0.25, -0.2) is 0 Å². The summed E-state index contributed by atoms with van der Waals surface area (Å²) in [5.41, 5.74) is 1.27. The molecule has 1 aromatic carbocycles. The van der Waals surface area contributed by atoms with Gasteiger partial charge in [0.1, 0.15) is 0 Å². The van der Waals surface area contributed by atoms with E-state index in [0.29, 0.717) is 18.2 Å². The van der Waals surface area contributed by atoms with Crippen molar-refractivity contribution in [2.75, 3.05) is 13.2 Å². The monoisotopic (exact) mass is 289 g/mol. The van der Waals surface area contributed by atoms with Gasteiger partial charge in [0.2, 0.25) is 0 Å². The second kappa shape index (κ2) is 7.92. The molecule has 1 aromatic rings. The Balaban J connectivity index is 1.51. The average molecular weight is 289 g/mol. The zero-order valence-corrected chi connectivity index (χ0v) is 12.8. The van der Waals surface area contributed by atoms with Gasteiger partial charge in [0.25, 0.3) is 0 Å². The molecule has 116 valence electrons. The lowest BCUT2D eigenvalue weighted by Crippen LogP contribution is -2.49. The highest BCUT2D eigenvalue weighted by atomic mass is 16.5. The minimum Gasteiger partial charge on any atom is -0.381 e. The van der Waals surface area contributed by atoms with E-state index < -0.39 is 0 Å². The van der Waals surface area contributed by atoms with Crippen LogP contribution in [0, 0.1) is 0 Å². The third-order valence-electron chi connectivity index (χ3n) is 4.68. The van der Waals surface area contributed by atoms with E-state index in [4.69, 9.17) is 9.47 Å². The summed E-state index contributed by atoms with van der Waals surface area (Å²) in [5.74, 6) is 0. The lowest BCUT2D eigenvalue weighted by Gasteiger charge is -2.36. The molecule has 0 spiro atoms. The molecule has 1 N–H and O–H groups in total. The summed E-state index contributed by atoms with van der Waals surface area (Å²) < 4.78 is 11.7. The number of ether oxygens (including phenoxy) is 2. The third-order valence-corrected chi connectivity index (χ3v) is 4.68. The highest BCUT2D eigenvalue weighted by molar-refractivity contribution is 5.13. The SMILES string of the molecule is c1ccc(CO[C@@H]2CCCC[C@H]2NC2CCOCC2)cc1. The van der Waals surface area contributed by atoms with Crippen LogP contribution in [0.25, 0.3) is 0 Å². The molecule has 3 nitrogen and oxygen atoms in total. The minimum absolute atomic E-state index is 0.363. The van der Waals surface area contributed by atoms with Crippen LogP contribution in [0.1, 0.15) is 44.1 Å². The quantitative estimate of drug-likeness (QED) is 0.902. The molecule has 1 aliphatic heterocycles. The fourth-order valence-corrected chi connectivity index (χ4v) is 3.43. The average Bonchev–Trinajstić information content (AvgIpc) is 2.56. The van der Waals surface area contributed by atoms with Crippen molar-refractivity contribution in [2.24, 2.45) is 0 Å². The maximum Gasteiger partial charge on any atom is 0.0732 e. The van der Waals surface area contributed by atoms with E-state index in [2.05, 4.69) is 35.6 Å². The number of benzene rings is 1. The molecule has 2 aliphatic rings. The Labute approximate surface area is 128 Å². The second-order valence-corrected chi connectivity index (χ2v) is 6.28. The van der Waals surface area contributed by atoms with E-state index in [1.165, 1.54) is 31.2 Å². The van der Waals surface area contributed by atoms with Crippen LogP contribution in [-0.4, -0.2) is 31.4 Å². The van der Waals surface area contributed by atoms with Gasteiger partial charge < -0.3 is 14.8 Å². The van der Waals surface area contributed by atoms with Crippen molar-refractivity contribution in [3.8, 4) is 0 Å². The highest BCUT2D eigenvalue weighted by Gasteiger charge is 2.28. The molecule has 3 heteroatoms. The van der Waals surface area contributed by atoms with Crippen molar-refractivity contribution in [3.63, 3.8) is 0 Å². The van der Waals surface area contributed by atoms with E-state index >= 15 is 0 Å². The Morgan fingerprint density at radius 1 is 1.00 bits per heavy atom. The summed E-state index contributed by atoms with van der Waals surface area (Å²) in [6, 6.07) is 11.6. The normalized spacial score (nSPS) is 27.6. The maximum atomic E-state index is 6.23. The smallest absolute Gasteiger partial charge is 0.0732 e. The standard InChI is InChI=1S/C18H27NO2/c1-2-6-15(7-3-1)14-21-18-9-5-4-8-17(18)19-16-10-12-20-13-11-16/h1-3,6-7,16-19H,4-5,8-14H2/t17-,18-/m1/s1. The van der Waals surface area contributed by atoms with Gasteiger partial charge in [-0.3, -0.25) is 0 Å². The van der Waals surface area contributed by atoms with Crippen molar-refractivity contribution in [3.05, 3.63) is 35.9 Å². The molecule has 1 heterocycles. The second-order valence-electron chi connectivity index (χ2n) is 6.28. The van der Waals surface area contributed by atoms with Crippen LogP contribution in [0.3, 0.4) is 0 Å². The van der Waals surface area contributed by atoms with Gasteiger partial charge in [-0.1, -0.05) is 43.2 Å². The Morgan fingerprint density at radius 3 is 2.57 bits per heavy atom. The zero-order valence-electron chi connectivity index (χ0n) is 12.8. The van der Waals surface area contributed by atoms with Crippen molar-refractivity contribution < 1.29 is 9.47 Å². The van der Waals surface area contributed by atoms with E-state index in [-0.39, 0.29) is 0 Å². The first-order valence-corrected chi connectivity index (χ1v) is 8.41. The summed E-state index contributed by atoms with van der Waals surface area (Å²) in [5, 5.41) is 3.84. The summed E-state index contributed by atoms with van der Waals surface area (Å²) >= 11 is 0. The van der Waals surface area contributed by atoms with Crippen molar-refractivity contribution >= 4 is 0 Å². The van der Waals surface area contributed by atoms with Crippen LogP contribution < -0.4 is 5.32 Å². The maximum absolute atomic E-state index is 6.23. The molecule has 1 saturated carbocycles. The first-order valence-electron chi connectivity index (χ1n) is 8.41. The zero-order chi connectivity index (χ0) is 14.3. The van der Waals surface area contributed by atoms with E-state index in [1.807, 2.05) is 0 Å². The predicted octanol–water partition coefficient (Wildman–Crippen LogP) is 3.28. The van der Waals surface area contributed by atoms with Gasteiger partial charge in [-0.15, -0.1) is 0 Å². The van der Waals surface area contributed by atoms with Crippen molar-refractivity contribution in [1.82, 2.24) is 5.32 Å². The summed E-state index contributed by atoms with van der Waals surface area (Å²) in [7, 11) is 0. The topological polar surface area (TPSA) is 30.5 Å². The number of hydrogen-bond donors (Lipinski definition) is 1. The molecule has 0 amide bonds. The molecule has 0 aromatic heterocycles. The molecular weight excluding hydrogens is 262 g/mol. The van der Waals surface area contributed by atoms with Gasteiger partial charge in [0.05, 0.1) is 12.7 Å². The van der Waals surface area contributed by atoms with Gasteiger partial charge in [0, 0.05) is 25.3 Å². The Hall–Kier alpha value is -0.900. The fourth-order valence-electron chi connectivity index (χ4n) is 3.43. The van der Waals surface area contributed by atoms with E-state index in [0.717, 1.165) is 32.7 Å². The van der Waals surface area contributed by atoms with E-state index in [1.54, 1.807) is 0 Å². The first-order chi connectivity index (χ1) is 10.4. The van der Waals surface area contributed by atoms with Crippen LogP contribution in [0.2, 0.25) is 0 Å². The molecular formula is C18H27NO2. The van der Waals surface area contributed by atoms with Gasteiger partial charge in [-0.05, 0) is 31.2 Å². The lowest BCUT2D eigenvalue weighted by molar-refractivity contribution is -0.0143. The molecule has 2 fully saturated rings. The lowest BCUT2D eigenvalue weighted by atomic mass is 9.91. The van der Waals surface area contributed by atoms with Crippen molar-refractivity contribution in [2.45, 2.75) is 63.3 Å². The molecule has 0 radical (unpaired) electrons. The molecule has 21 heavy (non-hydrogen) atoms. The third kappa shape index (κ3) is 4.53. The van der Waals surface area contributed by atoms with Crippen molar-refractivity contribution in [1.29, 1.82) is 0 Å². The van der Waals surface area contributed by atoms with E-state index in [9.17, 15) is 0 Å². The largest absolute Gasteiger partial charge is 0.381 e. The van der Waals surface area contributed by atoms with Gasteiger partial charge >= 0.3 is 0 Å². The summed E-state index contributed by atoms with van der Waals surface area (Å²) in [6.45, 7) is 2.54. The van der Waals surface area contributed by atoms with Gasteiger partial charge in [0.15, 0.2) is 0 Å². The summed E-state index contributed by atoms with van der Waals surface area (Å²) in [6.07, 6.45) is 7.70. The van der Waals surface area contributed by atoms with Crippen LogP contribution in [0.15, 0.2) is 30.3 Å². The van der Waals surface area contributed by atoms with Crippen LogP contribution in [0.5, 0.6) is 0 Å². The predicted molar refractivity (Wildman–Crippen MR) is 84.3 cm³/mol.